The van der Waals surface area contributed by atoms with E-state index in [9.17, 15) is 15.3 Å². The molecule has 4 aliphatic rings. The Hall–Kier alpha value is -2.94. The van der Waals surface area contributed by atoms with Crippen LogP contribution in [0.1, 0.15) is 62.6 Å². The van der Waals surface area contributed by atoms with Gasteiger partial charge in [0.2, 0.25) is 0 Å². The van der Waals surface area contributed by atoms with Gasteiger partial charge in [-0.05, 0) is 102 Å². The molecule has 33 heavy (non-hydrogen) atoms. The van der Waals surface area contributed by atoms with Gasteiger partial charge in [-0.1, -0.05) is 50.2 Å². The van der Waals surface area contributed by atoms with Gasteiger partial charge in [0.05, 0.1) is 0 Å². The van der Waals surface area contributed by atoms with Crippen molar-refractivity contribution in [2.45, 2.75) is 56.8 Å². The SMILES string of the molecule is CC12CC3CC(C)(C1)CC(c1ccc(O)cc1)(C2)C3(c1ccc(O)cc1)c1ccc(O)cc1. The van der Waals surface area contributed by atoms with E-state index in [-0.39, 0.29) is 33.2 Å². The number of benzene rings is 3. The van der Waals surface area contributed by atoms with Crippen LogP contribution >= 0.6 is 0 Å². The van der Waals surface area contributed by atoms with Crippen molar-refractivity contribution in [1.82, 2.24) is 0 Å². The predicted molar refractivity (Wildman–Crippen MR) is 130 cm³/mol. The summed E-state index contributed by atoms with van der Waals surface area (Å²) in [6.07, 6.45) is 5.77. The Morgan fingerprint density at radius 3 is 1.30 bits per heavy atom. The molecule has 3 nitrogen and oxygen atoms in total. The molecule has 0 aromatic heterocycles. The standard InChI is InChI=1S/C30H32O3/c1-27-15-23-16-28(2,17-27)19-29(18-27,20-3-9-24(31)10-4-20)30(23,21-5-11-25(32)12-6-21)22-7-13-26(33)14-8-22/h3-14,23,31-33H,15-19H2,1-2H3. The Morgan fingerprint density at radius 1 is 0.545 bits per heavy atom. The maximum atomic E-state index is 10.1. The lowest BCUT2D eigenvalue weighted by molar-refractivity contribution is -0.152. The van der Waals surface area contributed by atoms with Gasteiger partial charge in [0.1, 0.15) is 17.2 Å². The van der Waals surface area contributed by atoms with Crippen molar-refractivity contribution in [3.63, 3.8) is 0 Å². The Balaban J connectivity index is 1.72. The van der Waals surface area contributed by atoms with E-state index in [4.69, 9.17) is 0 Å². The number of phenols is 3. The minimum absolute atomic E-state index is 0.155. The first kappa shape index (κ1) is 20.7. The molecule has 7 rings (SSSR count). The summed E-state index contributed by atoms with van der Waals surface area (Å²) in [5.74, 6) is 1.29. The number of aromatic hydroxyl groups is 3. The third kappa shape index (κ3) is 2.74. The van der Waals surface area contributed by atoms with Gasteiger partial charge in [-0.2, -0.15) is 0 Å². The molecule has 0 saturated heterocycles. The van der Waals surface area contributed by atoms with Crippen molar-refractivity contribution in [2.75, 3.05) is 0 Å². The number of phenolic OH excluding ortho intramolecular Hbond substituents is 3. The molecule has 0 heterocycles. The molecule has 3 N–H and O–H groups in total. The maximum absolute atomic E-state index is 10.1. The molecule has 0 aliphatic heterocycles. The highest BCUT2D eigenvalue weighted by Gasteiger charge is 2.72. The van der Waals surface area contributed by atoms with Gasteiger partial charge in [-0.15, -0.1) is 0 Å². The van der Waals surface area contributed by atoms with Crippen LogP contribution in [-0.4, -0.2) is 15.3 Å². The fraction of sp³-hybridized carbons (Fsp3) is 0.400. The monoisotopic (exact) mass is 440 g/mol. The Bertz CT molecular complexity index is 1130. The summed E-state index contributed by atoms with van der Waals surface area (Å²) < 4.78 is 0. The van der Waals surface area contributed by atoms with Crippen molar-refractivity contribution in [3.8, 4) is 17.2 Å². The van der Waals surface area contributed by atoms with E-state index in [1.54, 1.807) is 0 Å². The zero-order chi connectivity index (χ0) is 23.1. The van der Waals surface area contributed by atoms with Crippen molar-refractivity contribution in [2.24, 2.45) is 16.7 Å². The van der Waals surface area contributed by atoms with Gasteiger partial charge >= 0.3 is 0 Å². The van der Waals surface area contributed by atoms with Gasteiger partial charge in [0.25, 0.3) is 0 Å². The molecule has 0 amide bonds. The highest BCUT2D eigenvalue weighted by molar-refractivity contribution is 5.55. The molecule has 0 spiro atoms. The second kappa shape index (κ2) is 6.56. The largest absolute Gasteiger partial charge is 0.508 e. The van der Waals surface area contributed by atoms with Crippen LogP contribution in [0.5, 0.6) is 17.2 Å². The minimum Gasteiger partial charge on any atom is -0.508 e. The summed E-state index contributed by atoms with van der Waals surface area (Å²) in [6, 6.07) is 23.6. The first-order chi connectivity index (χ1) is 15.7. The van der Waals surface area contributed by atoms with Crippen LogP contribution in [0, 0.1) is 16.7 Å². The second-order valence-corrected chi connectivity index (χ2v) is 11.8. The summed E-state index contributed by atoms with van der Waals surface area (Å²) in [4.78, 5) is 0. The summed E-state index contributed by atoms with van der Waals surface area (Å²) in [6.45, 7) is 4.95. The Kier molecular flexibility index (Phi) is 4.11. The predicted octanol–water partition coefficient (Wildman–Crippen LogP) is 6.65. The number of rotatable bonds is 3. The zero-order valence-corrected chi connectivity index (χ0v) is 19.4. The lowest BCUT2D eigenvalue weighted by Gasteiger charge is -2.74. The molecule has 4 aliphatic carbocycles. The van der Waals surface area contributed by atoms with Crippen LogP contribution in [0.2, 0.25) is 0 Å². The lowest BCUT2D eigenvalue weighted by Crippen LogP contribution is -2.69. The first-order valence-electron chi connectivity index (χ1n) is 12.1. The van der Waals surface area contributed by atoms with Gasteiger partial charge in [-0.3, -0.25) is 0 Å². The van der Waals surface area contributed by atoms with Crippen LogP contribution in [0.4, 0.5) is 0 Å². The fourth-order valence-corrected chi connectivity index (χ4v) is 9.05. The topological polar surface area (TPSA) is 60.7 Å². The molecule has 3 heteroatoms. The van der Waals surface area contributed by atoms with Crippen LogP contribution in [0.25, 0.3) is 0 Å². The molecule has 3 aromatic carbocycles. The highest BCUT2D eigenvalue weighted by atomic mass is 16.3. The van der Waals surface area contributed by atoms with E-state index in [0.29, 0.717) is 11.7 Å². The molecule has 170 valence electrons. The van der Waals surface area contributed by atoms with Gasteiger partial charge in [-0.25, -0.2) is 0 Å². The quantitative estimate of drug-likeness (QED) is 0.427. The third-order valence-corrected chi connectivity index (χ3v) is 9.22. The Morgan fingerprint density at radius 2 is 0.909 bits per heavy atom. The third-order valence-electron chi connectivity index (χ3n) is 9.22. The van der Waals surface area contributed by atoms with Gasteiger partial charge < -0.3 is 15.3 Å². The normalized spacial score (nSPS) is 33.8. The van der Waals surface area contributed by atoms with Crippen molar-refractivity contribution < 1.29 is 15.3 Å². The second-order valence-electron chi connectivity index (χ2n) is 11.8. The summed E-state index contributed by atoms with van der Waals surface area (Å²) in [5.41, 5.74) is 3.84. The van der Waals surface area contributed by atoms with Crippen molar-refractivity contribution >= 4 is 0 Å². The van der Waals surface area contributed by atoms with Gasteiger partial charge in [0, 0.05) is 10.8 Å². The van der Waals surface area contributed by atoms with Crippen LogP contribution in [0.15, 0.2) is 72.8 Å². The van der Waals surface area contributed by atoms with E-state index in [2.05, 4.69) is 50.2 Å². The molecule has 2 atom stereocenters. The molecule has 4 fully saturated rings. The number of hydrogen-bond acceptors (Lipinski definition) is 3. The van der Waals surface area contributed by atoms with Crippen molar-refractivity contribution in [1.29, 1.82) is 0 Å². The Labute approximate surface area is 195 Å². The van der Waals surface area contributed by atoms with E-state index >= 15 is 0 Å². The van der Waals surface area contributed by atoms with E-state index in [1.807, 2.05) is 36.4 Å². The average Bonchev–Trinajstić information content (AvgIpc) is 2.74. The molecular formula is C30H32O3. The molecule has 2 unspecified atom stereocenters. The highest BCUT2D eigenvalue weighted by Crippen LogP contribution is 2.77. The van der Waals surface area contributed by atoms with Crippen LogP contribution in [-0.2, 0) is 10.8 Å². The van der Waals surface area contributed by atoms with Crippen LogP contribution in [0.3, 0.4) is 0 Å². The molecular weight excluding hydrogens is 408 g/mol. The first-order valence-corrected chi connectivity index (χ1v) is 12.1. The summed E-state index contributed by atoms with van der Waals surface area (Å²) in [7, 11) is 0. The molecule has 0 radical (unpaired) electrons. The van der Waals surface area contributed by atoms with Crippen LogP contribution < -0.4 is 0 Å². The number of hydrogen-bond donors (Lipinski definition) is 3. The average molecular weight is 441 g/mol. The van der Waals surface area contributed by atoms with Gasteiger partial charge in [0.15, 0.2) is 0 Å². The maximum Gasteiger partial charge on any atom is 0.115 e. The fourth-order valence-electron chi connectivity index (χ4n) is 9.05. The molecule has 3 aromatic rings. The summed E-state index contributed by atoms with van der Waals surface area (Å²) in [5, 5.41) is 30.4. The van der Waals surface area contributed by atoms with E-state index in [1.165, 1.54) is 36.0 Å². The lowest BCUT2D eigenvalue weighted by atomic mass is 9.29. The van der Waals surface area contributed by atoms with E-state index < -0.39 is 0 Å². The van der Waals surface area contributed by atoms with E-state index in [0.717, 1.165) is 12.8 Å². The summed E-state index contributed by atoms with van der Waals surface area (Å²) >= 11 is 0. The zero-order valence-electron chi connectivity index (χ0n) is 19.4. The smallest absolute Gasteiger partial charge is 0.115 e. The van der Waals surface area contributed by atoms with Crippen molar-refractivity contribution in [3.05, 3.63) is 89.5 Å². The molecule has 4 bridgehead atoms. The minimum atomic E-state index is -0.287. The molecule has 4 saturated carbocycles.